The Kier molecular flexibility index (Phi) is 9.44. The number of nitrogens with zero attached hydrogens (tertiary/aromatic N) is 2. The SMILES string of the molecule is COc1ccc(CN(C(=O)CN(c2ccc(Cl)c(Cl)c2)S(C)(=O)=O)[C@@H](C)C(=O)NC(C)(C)C)cc1. The maximum absolute atomic E-state index is 13.5. The summed E-state index contributed by atoms with van der Waals surface area (Å²) >= 11 is 12.0. The number of carbonyl (C=O) groups excluding carboxylic acids is 2. The van der Waals surface area contributed by atoms with E-state index in [-0.39, 0.29) is 28.2 Å². The molecule has 1 atom stereocenters. The second-order valence-corrected chi connectivity index (χ2v) is 11.9. The van der Waals surface area contributed by atoms with Gasteiger partial charge in [0.15, 0.2) is 0 Å². The highest BCUT2D eigenvalue weighted by Gasteiger charge is 2.31. The first kappa shape index (κ1) is 28.7. The molecule has 192 valence electrons. The van der Waals surface area contributed by atoms with E-state index in [1.165, 1.54) is 23.1 Å². The monoisotopic (exact) mass is 543 g/mol. The lowest BCUT2D eigenvalue weighted by Crippen LogP contribution is -2.54. The highest BCUT2D eigenvalue weighted by atomic mass is 35.5. The average Bonchev–Trinajstić information content (AvgIpc) is 2.75. The number of nitrogens with one attached hydrogen (secondary N) is 1. The van der Waals surface area contributed by atoms with Crippen molar-refractivity contribution in [2.45, 2.75) is 45.8 Å². The van der Waals surface area contributed by atoms with Gasteiger partial charge in [-0.1, -0.05) is 35.3 Å². The molecule has 11 heteroatoms. The number of anilines is 1. The van der Waals surface area contributed by atoms with Gasteiger partial charge >= 0.3 is 0 Å². The Bertz CT molecular complexity index is 1160. The van der Waals surface area contributed by atoms with Gasteiger partial charge in [0.05, 0.1) is 29.1 Å². The number of carbonyl (C=O) groups is 2. The smallest absolute Gasteiger partial charge is 0.244 e. The number of ether oxygens (including phenoxy) is 1. The van der Waals surface area contributed by atoms with E-state index in [1.807, 2.05) is 20.8 Å². The molecular formula is C24H31Cl2N3O5S. The summed E-state index contributed by atoms with van der Waals surface area (Å²) in [7, 11) is -2.32. The first-order chi connectivity index (χ1) is 16.1. The number of hydrogen-bond donors (Lipinski definition) is 1. The van der Waals surface area contributed by atoms with E-state index in [9.17, 15) is 18.0 Å². The molecule has 0 bridgehead atoms. The van der Waals surface area contributed by atoms with Crippen molar-refractivity contribution in [3.63, 3.8) is 0 Å². The molecule has 2 rings (SSSR count). The Hall–Kier alpha value is -2.49. The summed E-state index contributed by atoms with van der Waals surface area (Å²) in [4.78, 5) is 27.8. The van der Waals surface area contributed by atoms with Gasteiger partial charge in [-0.05, 0) is 63.6 Å². The summed E-state index contributed by atoms with van der Waals surface area (Å²) in [5.41, 5.74) is 0.417. The minimum Gasteiger partial charge on any atom is -0.497 e. The number of hydrogen-bond acceptors (Lipinski definition) is 5. The molecule has 0 radical (unpaired) electrons. The van der Waals surface area contributed by atoms with Crippen LogP contribution in [-0.4, -0.2) is 56.6 Å². The van der Waals surface area contributed by atoms with Crippen molar-refractivity contribution in [2.75, 3.05) is 24.2 Å². The molecule has 0 fully saturated rings. The largest absolute Gasteiger partial charge is 0.497 e. The number of sulfonamides is 1. The topological polar surface area (TPSA) is 96.0 Å². The van der Waals surface area contributed by atoms with Gasteiger partial charge in [-0.15, -0.1) is 0 Å². The Morgan fingerprint density at radius 2 is 1.66 bits per heavy atom. The molecule has 0 aliphatic rings. The number of halogens is 2. The van der Waals surface area contributed by atoms with Crippen LogP contribution >= 0.6 is 23.2 Å². The predicted molar refractivity (Wildman–Crippen MR) is 140 cm³/mol. The highest BCUT2D eigenvalue weighted by molar-refractivity contribution is 7.92. The molecule has 2 aromatic carbocycles. The lowest BCUT2D eigenvalue weighted by atomic mass is 10.1. The van der Waals surface area contributed by atoms with Crippen molar-refractivity contribution < 1.29 is 22.7 Å². The summed E-state index contributed by atoms with van der Waals surface area (Å²) < 4.78 is 31.3. The highest BCUT2D eigenvalue weighted by Crippen LogP contribution is 2.28. The number of benzene rings is 2. The van der Waals surface area contributed by atoms with Gasteiger partial charge in [0, 0.05) is 12.1 Å². The molecule has 2 aromatic rings. The van der Waals surface area contributed by atoms with Crippen LogP contribution in [0.2, 0.25) is 10.0 Å². The Balaban J connectivity index is 2.42. The summed E-state index contributed by atoms with van der Waals surface area (Å²) in [5.74, 6) is -0.276. The predicted octanol–water partition coefficient (Wildman–Crippen LogP) is 4.10. The fourth-order valence-corrected chi connectivity index (χ4v) is 4.37. The van der Waals surface area contributed by atoms with Gasteiger partial charge in [-0.25, -0.2) is 8.42 Å². The van der Waals surface area contributed by atoms with E-state index in [1.54, 1.807) is 38.3 Å². The van der Waals surface area contributed by atoms with Crippen LogP contribution in [0.1, 0.15) is 33.3 Å². The van der Waals surface area contributed by atoms with Gasteiger partial charge in [0.2, 0.25) is 21.8 Å². The second kappa shape index (κ2) is 11.5. The summed E-state index contributed by atoms with van der Waals surface area (Å²) in [6.07, 6.45) is 0.992. The Morgan fingerprint density at radius 3 is 2.14 bits per heavy atom. The van der Waals surface area contributed by atoms with Crippen molar-refractivity contribution in [3.05, 3.63) is 58.1 Å². The molecular weight excluding hydrogens is 513 g/mol. The third kappa shape index (κ3) is 8.30. The molecule has 8 nitrogen and oxygen atoms in total. The number of methoxy groups -OCH3 is 1. The van der Waals surface area contributed by atoms with Gasteiger partial charge in [0.1, 0.15) is 18.3 Å². The van der Waals surface area contributed by atoms with Gasteiger partial charge < -0.3 is 15.0 Å². The molecule has 2 amide bonds. The fourth-order valence-electron chi connectivity index (χ4n) is 3.24. The van der Waals surface area contributed by atoms with Gasteiger partial charge in [-0.3, -0.25) is 13.9 Å². The van der Waals surface area contributed by atoms with E-state index < -0.39 is 34.1 Å². The molecule has 0 aliphatic heterocycles. The lowest BCUT2D eigenvalue weighted by Gasteiger charge is -2.33. The quantitative estimate of drug-likeness (QED) is 0.513. The van der Waals surface area contributed by atoms with E-state index in [0.29, 0.717) is 5.75 Å². The van der Waals surface area contributed by atoms with E-state index in [0.717, 1.165) is 16.1 Å². The summed E-state index contributed by atoms with van der Waals surface area (Å²) in [6, 6.07) is 10.5. The third-order valence-corrected chi connectivity index (χ3v) is 6.93. The molecule has 35 heavy (non-hydrogen) atoms. The van der Waals surface area contributed by atoms with Gasteiger partial charge in [0.25, 0.3) is 0 Å². The average molecular weight is 545 g/mol. The zero-order valence-electron chi connectivity index (χ0n) is 20.6. The van der Waals surface area contributed by atoms with Crippen molar-refractivity contribution in [3.8, 4) is 5.75 Å². The minimum absolute atomic E-state index is 0.0839. The molecule has 1 N–H and O–H groups in total. The Labute approximate surface area is 217 Å². The van der Waals surface area contributed by atoms with Crippen LogP contribution in [-0.2, 0) is 26.2 Å². The zero-order chi connectivity index (χ0) is 26.6. The summed E-state index contributed by atoms with van der Waals surface area (Å²) in [6.45, 7) is 6.67. The second-order valence-electron chi connectivity index (χ2n) is 9.15. The fraction of sp³-hybridized carbons (Fsp3) is 0.417. The molecule has 0 saturated heterocycles. The van der Waals surface area contributed by atoms with Gasteiger partial charge in [-0.2, -0.15) is 0 Å². The van der Waals surface area contributed by atoms with Crippen LogP contribution in [0.5, 0.6) is 5.75 Å². The first-order valence-corrected chi connectivity index (χ1v) is 13.4. The van der Waals surface area contributed by atoms with E-state index in [4.69, 9.17) is 27.9 Å². The van der Waals surface area contributed by atoms with E-state index in [2.05, 4.69) is 5.32 Å². The molecule has 0 aliphatic carbocycles. The zero-order valence-corrected chi connectivity index (χ0v) is 23.0. The van der Waals surface area contributed by atoms with E-state index >= 15 is 0 Å². The Morgan fingerprint density at radius 1 is 1.06 bits per heavy atom. The standard InChI is InChI=1S/C24H31Cl2N3O5S/c1-16(23(31)27-24(2,3)4)28(14-17-7-10-19(34-5)11-8-17)22(30)15-29(35(6,32)33)18-9-12-20(25)21(26)13-18/h7-13,16H,14-15H2,1-6H3,(H,27,31)/t16-/m0/s1. The van der Waals surface area contributed by atoms with Crippen molar-refractivity contribution in [2.24, 2.45) is 0 Å². The number of rotatable bonds is 9. The van der Waals surface area contributed by atoms with Crippen LogP contribution in [0.25, 0.3) is 0 Å². The normalized spacial score (nSPS) is 12.6. The molecule has 0 heterocycles. The van der Waals surface area contributed by atoms with Crippen LogP contribution < -0.4 is 14.4 Å². The lowest BCUT2D eigenvalue weighted by molar-refractivity contribution is -0.140. The van der Waals surface area contributed by atoms with Crippen LogP contribution in [0, 0.1) is 0 Å². The molecule has 0 saturated carbocycles. The van der Waals surface area contributed by atoms with Crippen molar-refractivity contribution >= 4 is 50.7 Å². The third-order valence-electron chi connectivity index (χ3n) is 5.05. The molecule has 0 aromatic heterocycles. The summed E-state index contributed by atoms with van der Waals surface area (Å²) in [5, 5.41) is 3.28. The molecule has 0 unspecified atom stereocenters. The minimum atomic E-state index is -3.87. The maximum atomic E-state index is 13.5. The first-order valence-electron chi connectivity index (χ1n) is 10.8. The molecule has 0 spiro atoms. The van der Waals surface area contributed by atoms with Crippen LogP contribution in [0.15, 0.2) is 42.5 Å². The van der Waals surface area contributed by atoms with Crippen molar-refractivity contribution in [1.29, 1.82) is 0 Å². The maximum Gasteiger partial charge on any atom is 0.244 e. The van der Waals surface area contributed by atoms with Crippen LogP contribution in [0.3, 0.4) is 0 Å². The van der Waals surface area contributed by atoms with Crippen LogP contribution in [0.4, 0.5) is 5.69 Å². The van der Waals surface area contributed by atoms with Crippen molar-refractivity contribution in [1.82, 2.24) is 10.2 Å². The number of amides is 2.